The lowest BCUT2D eigenvalue weighted by molar-refractivity contribution is 0.503. The van der Waals surface area contributed by atoms with Gasteiger partial charge in [-0.3, -0.25) is 4.98 Å². The van der Waals surface area contributed by atoms with Crippen molar-refractivity contribution in [3.05, 3.63) is 35.7 Å². The Labute approximate surface area is 111 Å². The number of rotatable bonds is 6. The molecular formula is C12H17FN6. The minimum atomic E-state index is -0.337. The maximum Gasteiger partial charge on any atom is 0.176 e. The molecule has 0 aliphatic heterocycles. The van der Waals surface area contributed by atoms with E-state index in [-0.39, 0.29) is 11.9 Å². The highest BCUT2D eigenvalue weighted by atomic mass is 19.1. The first-order valence-electron chi connectivity index (χ1n) is 6.26. The second-order valence-electron chi connectivity index (χ2n) is 4.31. The van der Waals surface area contributed by atoms with Crippen LogP contribution in [0.25, 0.3) is 0 Å². The summed E-state index contributed by atoms with van der Waals surface area (Å²) in [6.07, 6.45) is 2.80. The van der Waals surface area contributed by atoms with Crippen LogP contribution in [0.2, 0.25) is 0 Å². The van der Waals surface area contributed by atoms with Gasteiger partial charge in [0.2, 0.25) is 0 Å². The largest absolute Gasteiger partial charge is 0.308 e. The molecule has 102 valence electrons. The van der Waals surface area contributed by atoms with Crippen LogP contribution in [0.15, 0.2) is 18.3 Å². The maximum absolute atomic E-state index is 12.9. The molecule has 0 aromatic carbocycles. The molecular weight excluding hydrogens is 247 g/mol. The summed E-state index contributed by atoms with van der Waals surface area (Å²) < 4.78 is 12.9. The molecule has 1 N–H and O–H groups in total. The number of hydrogen-bond donors (Lipinski definition) is 1. The number of hydrogen-bond acceptors (Lipinski definition) is 5. The number of nitrogens with one attached hydrogen (secondary N) is 1. The highest BCUT2D eigenvalue weighted by molar-refractivity contribution is 5.11. The predicted molar refractivity (Wildman–Crippen MR) is 67.7 cm³/mol. The Bertz CT molecular complexity index is 509. The molecule has 7 heteroatoms. The Morgan fingerprint density at radius 1 is 1.42 bits per heavy atom. The van der Waals surface area contributed by atoms with Crippen LogP contribution in [0.5, 0.6) is 0 Å². The van der Waals surface area contributed by atoms with Crippen molar-refractivity contribution in [3.63, 3.8) is 0 Å². The lowest BCUT2D eigenvalue weighted by atomic mass is 10.1. The van der Waals surface area contributed by atoms with Crippen LogP contribution < -0.4 is 5.32 Å². The van der Waals surface area contributed by atoms with E-state index in [1.165, 1.54) is 17.1 Å². The third-order valence-electron chi connectivity index (χ3n) is 2.68. The molecule has 0 saturated carbocycles. The molecule has 2 aromatic heterocycles. The fourth-order valence-corrected chi connectivity index (χ4v) is 1.78. The average Bonchev–Trinajstić information content (AvgIpc) is 2.81. The van der Waals surface area contributed by atoms with Crippen LogP contribution in [-0.4, -0.2) is 31.7 Å². The summed E-state index contributed by atoms with van der Waals surface area (Å²) in [6, 6.07) is 3.05. The number of halogens is 1. The lowest BCUT2D eigenvalue weighted by Gasteiger charge is -2.16. The van der Waals surface area contributed by atoms with Gasteiger partial charge in [-0.25, -0.2) is 4.39 Å². The van der Waals surface area contributed by atoms with Crippen molar-refractivity contribution in [3.8, 4) is 0 Å². The molecule has 0 amide bonds. The molecule has 19 heavy (non-hydrogen) atoms. The van der Waals surface area contributed by atoms with Crippen molar-refractivity contribution in [2.45, 2.75) is 25.8 Å². The third-order valence-corrected chi connectivity index (χ3v) is 2.68. The minimum Gasteiger partial charge on any atom is -0.308 e. The number of nitrogens with zero attached hydrogens (tertiary/aromatic N) is 5. The fourth-order valence-electron chi connectivity index (χ4n) is 1.78. The summed E-state index contributed by atoms with van der Waals surface area (Å²) in [6.45, 7) is 2.94. The Morgan fingerprint density at radius 3 is 2.84 bits per heavy atom. The van der Waals surface area contributed by atoms with Gasteiger partial charge in [0.25, 0.3) is 0 Å². The van der Waals surface area contributed by atoms with Crippen molar-refractivity contribution in [2.24, 2.45) is 7.05 Å². The van der Waals surface area contributed by atoms with E-state index in [1.807, 2.05) is 0 Å². The molecule has 0 radical (unpaired) electrons. The average molecular weight is 264 g/mol. The molecule has 2 heterocycles. The van der Waals surface area contributed by atoms with Crippen LogP contribution in [0, 0.1) is 5.82 Å². The van der Waals surface area contributed by atoms with E-state index >= 15 is 0 Å². The summed E-state index contributed by atoms with van der Waals surface area (Å²) in [4.78, 5) is 5.54. The van der Waals surface area contributed by atoms with Crippen LogP contribution in [0.3, 0.4) is 0 Å². The molecule has 0 bridgehead atoms. The van der Waals surface area contributed by atoms with Gasteiger partial charge >= 0.3 is 0 Å². The predicted octanol–water partition coefficient (Wildman–Crippen LogP) is 1.03. The second-order valence-corrected chi connectivity index (χ2v) is 4.31. The normalized spacial score (nSPS) is 12.6. The van der Waals surface area contributed by atoms with E-state index in [4.69, 9.17) is 0 Å². The Balaban J connectivity index is 2.13. The standard InChI is InChI=1S/C12H17FN6/c1-3-6-14-11(7-12-16-18-19(2)17-12)10-5-4-9(13)8-15-10/h4-5,8,11,14H,3,6-7H2,1-2H3. The second kappa shape index (κ2) is 6.33. The summed E-state index contributed by atoms with van der Waals surface area (Å²) in [7, 11) is 1.72. The molecule has 0 saturated heterocycles. The zero-order chi connectivity index (χ0) is 13.7. The third kappa shape index (κ3) is 3.78. The van der Waals surface area contributed by atoms with E-state index in [0.29, 0.717) is 12.2 Å². The van der Waals surface area contributed by atoms with Crippen molar-refractivity contribution in [1.82, 2.24) is 30.5 Å². The van der Waals surface area contributed by atoms with Crippen molar-refractivity contribution in [1.29, 1.82) is 0 Å². The molecule has 0 fully saturated rings. The van der Waals surface area contributed by atoms with E-state index in [9.17, 15) is 4.39 Å². The van der Waals surface area contributed by atoms with Gasteiger partial charge in [0.05, 0.1) is 25.0 Å². The topological polar surface area (TPSA) is 68.5 Å². The van der Waals surface area contributed by atoms with Crippen molar-refractivity contribution >= 4 is 0 Å². The molecule has 2 rings (SSSR count). The highest BCUT2D eigenvalue weighted by Gasteiger charge is 2.15. The summed E-state index contributed by atoms with van der Waals surface area (Å²) in [5, 5.41) is 15.3. The first kappa shape index (κ1) is 13.5. The smallest absolute Gasteiger partial charge is 0.176 e. The van der Waals surface area contributed by atoms with Crippen molar-refractivity contribution < 1.29 is 4.39 Å². The Kier molecular flexibility index (Phi) is 4.51. The Hall–Kier alpha value is -1.89. The molecule has 2 aromatic rings. The van der Waals surface area contributed by atoms with Crippen LogP contribution in [0.1, 0.15) is 30.9 Å². The van der Waals surface area contributed by atoms with E-state index in [0.717, 1.165) is 18.7 Å². The van der Waals surface area contributed by atoms with Gasteiger partial charge < -0.3 is 5.32 Å². The molecule has 6 nitrogen and oxygen atoms in total. The van der Waals surface area contributed by atoms with Gasteiger partial charge in [0.15, 0.2) is 5.82 Å². The van der Waals surface area contributed by atoms with E-state index in [2.05, 4.69) is 32.6 Å². The van der Waals surface area contributed by atoms with Gasteiger partial charge in [-0.2, -0.15) is 4.80 Å². The minimum absolute atomic E-state index is 0.0373. The first-order chi connectivity index (χ1) is 9.19. The molecule has 0 aliphatic rings. The monoisotopic (exact) mass is 264 g/mol. The van der Waals surface area contributed by atoms with Crippen LogP contribution in [0.4, 0.5) is 4.39 Å². The van der Waals surface area contributed by atoms with Crippen LogP contribution in [-0.2, 0) is 13.5 Å². The van der Waals surface area contributed by atoms with Gasteiger partial charge in [-0.05, 0) is 30.3 Å². The number of aryl methyl sites for hydroxylation is 1. The number of aromatic nitrogens is 5. The summed E-state index contributed by atoms with van der Waals surface area (Å²) in [5.41, 5.74) is 0.780. The zero-order valence-corrected chi connectivity index (χ0v) is 11.0. The quantitative estimate of drug-likeness (QED) is 0.844. The zero-order valence-electron chi connectivity index (χ0n) is 11.0. The van der Waals surface area contributed by atoms with Crippen LogP contribution >= 0.6 is 0 Å². The molecule has 0 aliphatic carbocycles. The van der Waals surface area contributed by atoms with Gasteiger partial charge in [-0.15, -0.1) is 10.2 Å². The van der Waals surface area contributed by atoms with Gasteiger partial charge in [0, 0.05) is 6.42 Å². The van der Waals surface area contributed by atoms with Crippen molar-refractivity contribution in [2.75, 3.05) is 6.54 Å². The number of pyridine rings is 1. The SMILES string of the molecule is CCCNC(Cc1nnn(C)n1)c1ccc(F)cn1. The molecule has 1 unspecified atom stereocenters. The van der Waals surface area contributed by atoms with E-state index in [1.54, 1.807) is 13.1 Å². The summed E-state index contributed by atoms with van der Waals surface area (Å²) in [5.74, 6) is 0.304. The first-order valence-corrected chi connectivity index (χ1v) is 6.26. The molecule has 0 spiro atoms. The maximum atomic E-state index is 12.9. The summed E-state index contributed by atoms with van der Waals surface area (Å²) >= 11 is 0. The van der Waals surface area contributed by atoms with Gasteiger partial charge in [0.1, 0.15) is 5.82 Å². The van der Waals surface area contributed by atoms with Gasteiger partial charge in [-0.1, -0.05) is 6.92 Å². The lowest BCUT2D eigenvalue weighted by Crippen LogP contribution is -2.25. The van der Waals surface area contributed by atoms with E-state index < -0.39 is 0 Å². The highest BCUT2D eigenvalue weighted by Crippen LogP contribution is 2.14. The Morgan fingerprint density at radius 2 is 2.26 bits per heavy atom. The molecule has 1 atom stereocenters. The number of tetrazole rings is 1. The fraction of sp³-hybridized carbons (Fsp3) is 0.500.